The van der Waals surface area contributed by atoms with E-state index in [4.69, 9.17) is 11.6 Å². The third-order valence-corrected chi connectivity index (χ3v) is 6.01. The summed E-state index contributed by atoms with van der Waals surface area (Å²) in [7, 11) is 1.57. The Morgan fingerprint density at radius 1 is 1.07 bits per heavy atom. The summed E-state index contributed by atoms with van der Waals surface area (Å²) < 4.78 is 26.9. The molecule has 2 aromatic rings. The van der Waals surface area contributed by atoms with Crippen LogP contribution < -0.4 is 9.62 Å². The third-order valence-electron chi connectivity index (χ3n) is 3.99. The first-order valence-corrected chi connectivity index (χ1v) is 10.3. The summed E-state index contributed by atoms with van der Waals surface area (Å²) in [5, 5.41) is 3.25. The summed E-state index contributed by atoms with van der Waals surface area (Å²) in [6, 6.07) is 12.6. The maximum atomic E-state index is 12.9. The van der Waals surface area contributed by atoms with Gasteiger partial charge in [0.25, 0.3) is 15.9 Å². The molecule has 0 saturated heterocycles. The Hall–Kier alpha value is -2.09. The quantitative estimate of drug-likeness (QED) is 0.680. The highest BCUT2D eigenvalue weighted by Crippen LogP contribution is 2.25. The number of sulfonamides is 1. The highest BCUT2D eigenvalue weighted by molar-refractivity contribution is 7.92. The van der Waals surface area contributed by atoms with Crippen molar-refractivity contribution in [3.8, 4) is 0 Å². The Morgan fingerprint density at radius 2 is 1.78 bits per heavy atom. The minimum absolute atomic E-state index is 0.0471. The predicted molar refractivity (Wildman–Crippen MR) is 109 cm³/mol. The molecule has 0 aliphatic rings. The maximum Gasteiger partial charge on any atom is 0.264 e. The average Bonchev–Trinajstić information content (AvgIpc) is 2.64. The Kier molecular flexibility index (Phi) is 7.24. The van der Waals surface area contributed by atoms with Crippen LogP contribution in [-0.4, -0.2) is 53.5 Å². The predicted octanol–water partition coefficient (Wildman–Crippen LogP) is 2.85. The number of nitrogens with zero attached hydrogens (tertiary/aromatic N) is 2. The van der Waals surface area contributed by atoms with Gasteiger partial charge in [-0.15, -0.1) is 0 Å². The number of carbonyl (C=O) groups excluding carboxylic acids is 1. The van der Waals surface area contributed by atoms with E-state index in [2.05, 4.69) is 5.32 Å². The number of amides is 1. The number of carbonyl (C=O) groups is 1. The molecule has 8 heteroatoms. The molecule has 0 aliphatic carbocycles. The number of hydrogen-bond donors (Lipinski definition) is 1. The summed E-state index contributed by atoms with van der Waals surface area (Å²) in [6.07, 6.45) is 0.814. The minimum Gasteiger partial charge on any atom is -0.352 e. The van der Waals surface area contributed by atoms with Gasteiger partial charge in [-0.25, -0.2) is 8.42 Å². The highest BCUT2D eigenvalue weighted by Gasteiger charge is 2.22. The van der Waals surface area contributed by atoms with E-state index in [1.165, 1.54) is 19.2 Å². The van der Waals surface area contributed by atoms with Crippen molar-refractivity contribution in [2.45, 2.75) is 11.3 Å². The monoisotopic (exact) mass is 409 g/mol. The molecular formula is C19H24ClN3O3S. The average molecular weight is 410 g/mol. The molecule has 0 spiro atoms. The molecule has 2 aromatic carbocycles. The molecule has 0 unspecified atom stereocenters. The highest BCUT2D eigenvalue weighted by atomic mass is 35.5. The van der Waals surface area contributed by atoms with Crippen LogP contribution in [-0.2, 0) is 10.0 Å². The van der Waals surface area contributed by atoms with Crippen molar-refractivity contribution in [2.75, 3.05) is 38.5 Å². The lowest BCUT2D eigenvalue weighted by molar-refractivity contribution is 0.0952. The van der Waals surface area contributed by atoms with Crippen molar-refractivity contribution in [3.63, 3.8) is 0 Å². The second kappa shape index (κ2) is 9.21. The third kappa shape index (κ3) is 5.69. The smallest absolute Gasteiger partial charge is 0.264 e. The lowest BCUT2D eigenvalue weighted by atomic mass is 10.2. The first-order valence-electron chi connectivity index (χ1n) is 8.49. The zero-order valence-corrected chi connectivity index (χ0v) is 17.2. The minimum atomic E-state index is -3.81. The molecule has 0 atom stereocenters. The Balaban J connectivity index is 2.16. The zero-order valence-electron chi connectivity index (χ0n) is 15.6. The number of rotatable bonds is 8. The lowest BCUT2D eigenvalue weighted by Crippen LogP contribution is -2.28. The molecule has 6 nitrogen and oxygen atoms in total. The van der Waals surface area contributed by atoms with Crippen molar-refractivity contribution >= 4 is 33.2 Å². The molecule has 0 heterocycles. The van der Waals surface area contributed by atoms with Crippen LogP contribution in [0.1, 0.15) is 16.8 Å². The Morgan fingerprint density at radius 3 is 2.44 bits per heavy atom. The van der Waals surface area contributed by atoms with Crippen molar-refractivity contribution < 1.29 is 13.2 Å². The van der Waals surface area contributed by atoms with Crippen molar-refractivity contribution in [1.82, 2.24) is 10.2 Å². The van der Waals surface area contributed by atoms with Gasteiger partial charge in [0.1, 0.15) is 0 Å². The van der Waals surface area contributed by atoms with Crippen LogP contribution in [0.3, 0.4) is 0 Å². The van der Waals surface area contributed by atoms with Crippen molar-refractivity contribution in [2.24, 2.45) is 0 Å². The Bertz CT molecular complexity index is 901. The zero-order chi connectivity index (χ0) is 20.0. The van der Waals surface area contributed by atoms with E-state index in [1.807, 2.05) is 19.0 Å². The molecule has 0 aromatic heterocycles. The van der Waals surface area contributed by atoms with Gasteiger partial charge in [-0.2, -0.15) is 0 Å². The van der Waals surface area contributed by atoms with Gasteiger partial charge in [0.15, 0.2) is 0 Å². The lowest BCUT2D eigenvalue weighted by Gasteiger charge is -2.20. The maximum absolute atomic E-state index is 12.9. The van der Waals surface area contributed by atoms with Crippen LogP contribution in [0.25, 0.3) is 0 Å². The van der Waals surface area contributed by atoms with Gasteiger partial charge in [0.2, 0.25) is 0 Å². The van der Waals surface area contributed by atoms with Crippen molar-refractivity contribution in [3.05, 3.63) is 59.1 Å². The molecule has 0 fully saturated rings. The van der Waals surface area contributed by atoms with Gasteiger partial charge in [-0.05, 0) is 63.5 Å². The fraction of sp³-hybridized carbons (Fsp3) is 0.316. The van der Waals surface area contributed by atoms with Crippen LogP contribution in [0.5, 0.6) is 0 Å². The molecule has 1 amide bonds. The van der Waals surface area contributed by atoms with E-state index in [9.17, 15) is 13.2 Å². The van der Waals surface area contributed by atoms with Gasteiger partial charge < -0.3 is 10.2 Å². The fourth-order valence-electron chi connectivity index (χ4n) is 2.47. The molecule has 146 valence electrons. The van der Waals surface area contributed by atoms with E-state index >= 15 is 0 Å². The summed E-state index contributed by atoms with van der Waals surface area (Å²) in [5.74, 6) is -0.295. The van der Waals surface area contributed by atoms with E-state index < -0.39 is 10.0 Å². The van der Waals surface area contributed by atoms with Crippen molar-refractivity contribution in [1.29, 1.82) is 0 Å². The topological polar surface area (TPSA) is 69.7 Å². The SMILES string of the molecule is CN(C)CCCNC(=O)c1cccc(S(=O)(=O)N(C)c2cccc(Cl)c2)c1. The summed E-state index contributed by atoms with van der Waals surface area (Å²) in [5.41, 5.74) is 0.751. The van der Waals surface area contributed by atoms with E-state index in [-0.39, 0.29) is 10.8 Å². The molecule has 1 N–H and O–H groups in total. The molecule has 0 aliphatic heterocycles. The number of anilines is 1. The van der Waals surface area contributed by atoms with E-state index in [1.54, 1.807) is 36.4 Å². The first kappa shape index (κ1) is 21.2. The second-order valence-electron chi connectivity index (χ2n) is 6.39. The Labute approximate surface area is 165 Å². The van der Waals surface area contributed by atoms with E-state index in [0.29, 0.717) is 22.8 Å². The van der Waals surface area contributed by atoms with Gasteiger partial charge in [-0.3, -0.25) is 9.10 Å². The molecule has 0 radical (unpaired) electrons. The number of nitrogens with one attached hydrogen (secondary N) is 1. The molecular weight excluding hydrogens is 386 g/mol. The van der Waals surface area contributed by atoms with Gasteiger partial charge in [-0.1, -0.05) is 23.7 Å². The molecule has 2 rings (SSSR count). The number of halogens is 1. The van der Waals surface area contributed by atoms with Crippen LogP contribution in [0.15, 0.2) is 53.4 Å². The molecule has 27 heavy (non-hydrogen) atoms. The summed E-state index contributed by atoms with van der Waals surface area (Å²) in [4.78, 5) is 14.4. The normalized spacial score (nSPS) is 11.4. The number of hydrogen-bond acceptors (Lipinski definition) is 4. The van der Waals surface area contributed by atoms with Gasteiger partial charge >= 0.3 is 0 Å². The summed E-state index contributed by atoms with van der Waals surface area (Å²) in [6.45, 7) is 1.38. The van der Waals surface area contributed by atoms with Crippen LogP contribution >= 0.6 is 11.6 Å². The fourth-order valence-corrected chi connectivity index (χ4v) is 3.88. The van der Waals surface area contributed by atoms with Crippen LogP contribution in [0.4, 0.5) is 5.69 Å². The van der Waals surface area contributed by atoms with Gasteiger partial charge in [0, 0.05) is 24.2 Å². The molecule has 0 saturated carbocycles. The van der Waals surface area contributed by atoms with Crippen LogP contribution in [0, 0.1) is 0 Å². The molecule has 0 bridgehead atoms. The first-order chi connectivity index (χ1) is 12.7. The van der Waals surface area contributed by atoms with Gasteiger partial charge in [0.05, 0.1) is 10.6 Å². The summed E-state index contributed by atoms with van der Waals surface area (Å²) >= 11 is 5.95. The number of benzene rings is 2. The second-order valence-corrected chi connectivity index (χ2v) is 8.80. The largest absolute Gasteiger partial charge is 0.352 e. The van der Waals surface area contributed by atoms with E-state index in [0.717, 1.165) is 17.3 Å². The standard InChI is InChI=1S/C19H24ClN3O3S/c1-22(2)12-6-11-21-19(24)15-7-4-10-18(13-15)27(25,26)23(3)17-9-5-8-16(20)14-17/h4-5,7-10,13-14H,6,11-12H2,1-3H3,(H,21,24). The van der Waals surface area contributed by atoms with Crippen LogP contribution in [0.2, 0.25) is 5.02 Å².